The normalized spacial score (nSPS) is 21.0. The Morgan fingerprint density at radius 2 is 1.93 bits per heavy atom. The van der Waals surface area contributed by atoms with Crippen LogP contribution in [0.15, 0.2) is 27.4 Å². The Morgan fingerprint density at radius 1 is 1.22 bits per heavy atom. The maximum absolute atomic E-state index is 12.0. The number of hydrogen-bond donors (Lipinski definition) is 2. The molecule has 0 radical (unpaired) electrons. The first-order chi connectivity index (χ1) is 12.8. The quantitative estimate of drug-likeness (QED) is 0.751. The molecular formula is C19H29N3O4S. The molecule has 2 N–H and O–H groups in total. The van der Waals surface area contributed by atoms with Gasteiger partial charge in [-0.25, -0.2) is 17.9 Å². The number of fused-ring (bicyclic) bond motifs is 1. The summed E-state index contributed by atoms with van der Waals surface area (Å²) in [6.45, 7) is 6.40. The average molecular weight is 396 g/mol. The summed E-state index contributed by atoms with van der Waals surface area (Å²) in [6.07, 6.45) is 3.73. The lowest BCUT2D eigenvalue weighted by atomic mass is 9.86. The van der Waals surface area contributed by atoms with Gasteiger partial charge in [-0.1, -0.05) is 0 Å². The van der Waals surface area contributed by atoms with Crippen LogP contribution in [0, 0.1) is 5.92 Å². The number of rotatable bonds is 7. The Balaban J connectivity index is 1.56. The van der Waals surface area contributed by atoms with Gasteiger partial charge in [0.05, 0.1) is 11.3 Å². The number of aromatic nitrogens is 1. The summed E-state index contributed by atoms with van der Waals surface area (Å²) in [5.74, 6) is 0.311. The van der Waals surface area contributed by atoms with Crippen LogP contribution >= 0.6 is 0 Å². The maximum Gasteiger partial charge on any atom is 0.420 e. The first-order valence-electron chi connectivity index (χ1n) is 9.68. The third-order valence-electron chi connectivity index (χ3n) is 5.30. The van der Waals surface area contributed by atoms with Gasteiger partial charge in [0, 0.05) is 30.4 Å². The van der Waals surface area contributed by atoms with E-state index in [0.717, 1.165) is 43.4 Å². The second-order valence-electron chi connectivity index (χ2n) is 7.63. The lowest BCUT2D eigenvalue weighted by molar-refractivity contribution is 0.324. The second kappa shape index (κ2) is 8.06. The fraction of sp³-hybridized carbons (Fsp3) is 0.632. The molecule has 150 valence electrons. The lowest BCUT2D eigenvalue weighted by Crippen LogP contribution is -2.39. The van der Waals surface area contributed by atoms with Crippen molar-refractivity contribution in [2.45, 2.75) is 58.5 Å². The molecule has 2 aromatic rings. The third kappa shape index (κ3) is 4.73. The number of nitrogens with one attached hydrogen (secondary N) is 2. The van der Waals surface area contributed by atoms with Gasteiger partial charge < -0.3 is 9.73 Å². The number of anilines is 1. The van der Waals surface area contributed by atoms with Gasteiger partial charge in [-0.15, -0.1) is 0 Å². The highest BCUT2D eigenvalue weighted by molar-refractivity contribution is 7.89. The lowest BCUT2D eigenvalue weighted by Gasteiger charge is -2.29. The minimum absolute atomic E-state index is 0.0536. The third-order valence-corrected chi connectivity index (χ3v) is 6.75. The van der Waals surface area contributed by atoms with Crippen LogP contribution in [-0.2, 0) is 10.0 Å². The number of oxazole rings is 1. The Bertz CT molecular complexity index is 938. The molecule has 0 amide bonds. The Kier molecular flexibility index (Phi) is 5.95. The van der Waals surface area contributed by atoms with Gasteiger partial charge >= 0.3 is 5.76 Å². The predicted molar refractivity (Wildman–Crippen MR) is 108 cm³/mol. The van der Waals surface area contributed by atoms with E-state index in [1.54, 1.807) is 11.5 Å². The number of sulfonamides is 1. The highest BCUT2D eigenvalue weighted by Crippen LogP contribution is 2.26. The van der Waals surface area contributed by atoms with E-state index in [-0.39, 0.29) is 23.6 Å². The number of benzene rings is 1. The smallest absolute Gasteiger partial charge is 0.408 e. The molecule has 1 fully saturated rings. The van der Waals surface area contributed by atoms with Gasteiger partial charge in [0.1, 0.15) is 0 Å². The topological polar surface area (TPSA) is 93.3 Å². The molecule has 0 aliphatic heterocycles. The van der Waals surface area contributed by atoms with E-state index < -0.39 is 10.0 Å². The fourth-order valence-corrected chi connectivity index (χ4v) is 4.63. The molecule has 0 atom stereocenters. The molecule has 0 saturated heterocycles. The molecule has 1 heterocycles. The first-order valence-corrected chi connectivity index (χ1v) is 11.3. The van der Waals surface area contributed by atoms with Crippen molar-refractivity contribution in [1.82, 2.24) is 9.29 Å². The van der Waals surface area contributed by atoms with Gasteiger partial charge in [-0.05, 0) is 64.5 Å². The van der Waals surface area contributed by atoms with Crippen LogP contribution in [0.2, 0.25) is 0 Å². The van der Waals surface area contributed by atoms with Gasteiger partial charge in [0.2, 0.25) is 10.0 Å². The standard InChI is InChI=1S/C19H29N3O4S/c1-4-27(24,25)21-15-7-5-14(6-8-15)12-20-16-9-10-17-18(11-16)26-19(23)22(17)13(2)3/h9-11,13-15,20-21H,4-8,12H2,1-3H3. The molecule has 0 bridgehead atoms. The van der Waals surface area contributed by atoms with Crippen LogP contribution in [0.5, 0.6) is 0 Å². The maximum atomic E-state index is 12.0. The Morgan fingerprint density at radius 3 is 2.56 bits per heavy atom. The van der Waals surface area contributed by atoms with E-state index in [2.05, 4.69) is 10.0 Å². The van der Waals surface area contributed by atoms with Gasteiger partial charge in [0.15, 0.2) is 5.58 Å². The van der Waals surface area contributed by atoms with Crippen LogP contribution < -0.4 is 15.8 Å². The summed E-state index contributed by atoms with van der Waals surface area (Å²) >= 11 is 0. The van der Waals surface area contributed by atoms with E-state index in [0.29, 0.717) is 11.5 Å². The van der Waals surface area contributed by atoms with Crippen molar-refractivity contribution in [3.8, 4) is 0 Å². The molecule has 8 heteroatoms. The molecule has 0 unspecified atom stereocenters. The highest BCUT2D eigenvalue weighted by Gasteiger charge is 2.24. The van der Waals surface area contributed by atoms with Gasteiger partial charge in [0.25, 0.3) is 0 Å². The van der Waals surface area contributed by atoms with Crippen molar-refractivity contribution in [3.63, 3.8) is 0 Å². The zero-order valence-electron chi connectivity index (χ0n) is 16.2. The molecule has 1 saturated carbocycles. The molecule has 7 nitrogen and oxygen atoms in total. The van der Waals surface area contributed by atoms with Crippen LogP contribution in [0.1, 0.15) is 52.5 Å². The van der Waals surface area contributed by atoms with Crippen molar-refractivity contribution in [1.29, 1.82) is 0 Å². The van der Waals surface area contributed by atoms with Gasteiger partial charge in [-0.3, -0.25) is 4.57 Å². The second-order valence-corrected chi connectivity index (χ2v) is 9.68. The first kappa shape index (κ1) is 19.9. The fourth-order valence-electron chi connectivity index (χ4n) is 3.72. The van der Waals surface area contributed by atoms with Crippen LogP contribution in [0.25, 0.3) is 11.1 Å². The van der Waals surface area contributed by atoms with Crippen molar-refractivity contribution >= 4 is 26.8 Å². The van der Waals surface area contributed by atoms with Crippen molar-refractivity contribution in [3.05, 3.63) is 28.7 Å². The van der Waals surface area contributed by atoms with E-state index in [1.165, 1.54) is 0 Å². The summed E-state index contributed by atoms with van der Waals surface area (Å²) in [6, 6.07) is 5.87. The molecule has 1 aromatic heterocycles. The molecule has 0 spiro atoms. The van der Waals surface area contributed by atoms with E-state index in [4.69, 9.17) is 4.42 Å². The van der Waals surface area contributed by atoms with Crippen LogP contribution in [0.4, 0.5) is 5.69 Å². The van der Waals surface area contributed by atoms with Crippen molar-refractivity contribution < 1.29 is 12.8 Å². The van der Waals surface area contributed by atoms with E-state index >= 15 is 0 Å². The summed E-state index contributed by atoms with van der Waals surface area (Å²) in [5.41, 5.74) is 2.33. The Hall–Kier alpha value is -1.80. The number of hydrogen-bond acceptors (Lipinski definition) is 5. The monoisotopic (exact) mass is 395 g/mol. The summed E-state index contributed by atoms with van der Waals surface area (Å²) < 4.78 is 33.2. The minimum Gasteiger partial charge on any atom is -0.408 e. The minimum atomic E-state index is -3.12. The zero-order valence-corrected chi connectivity index (χ0v) is 17.0. The average Bonchev–Trinajstić information content (AvgIpc) is 2.96. The molecule has 3 rings (SSSR count). The summed E-state index contributed by atoms with van der Waals surface area (Å²) in [5, 5.41) is 3.43. The Labute approximate surface area is 160 Å². The van der Waals surface area contributed by atoms with Gasteiger partial charge in [-0.2, -0.15) is 0 Å². The molecule has 1 aliphatic carbocycles. The predicted octanol–water partition coefficient (Wildman–Crippen LogP) is 3.09. The molecule has 1 aromatic carbocycles. The summed E-state index contributed by atoms with van der Waals surface area (Å²) in [7, 11) is -3.12. The largest absolute Gasteiger partial charge is 0.420 e. The number of nitrogens with zero attached hydrogens (tertiary/aromatic N) is 1. The van der Waals surface area contributed by atoms with Crippen molar-refractivity contribution in [2.24, 2.45) is 5.92 Å². The molecule has 27 heavy (non-hydrogen) atoms. The van der Waals surface area contributed by atoms with E-state index in [9.17, 15) is 13.2 Å². The van der Waals surface area contributed by atoms with Crippen LogP contribution in [0.3, 0.4) is 0 Å². The zero-order chi connectivity index (χ0) is 19.6. The van der Waals surface area contributed by atoms with Crippen molar-refractivity contribution in [2.75, 3.05) is 17.6 Å². The highest BCUT2D eigenvalue weighted by atomic mass is 32.2. The molecular weight excluding hydrogens is 366 g/mol. The van der Waals surface area contributed by atoms with Crippen LogP contribution in [-0.4, -0.2) is 31.3 Å². The van der Waals surface area contributed by atoms with E-state index in [1.807, 2.05) is 32.0 Å². The SMILES string of the molecule is CCS(=O)(=O)NC1CCC(CNc2ccc3c(c2)oc(=O)n3C(C)C)CC1. The molecule has 1 aliphatic rings. The summed E-state index contributed by atoms with van der Waals surface area (Å²) in [4.78, 5) is 12.0.